The van der Waals surface area contributed by atoms with E-state index in [1.54, 1.807) is 6.07 Å². The maximum absolute atomic E-state index is 10.8. The first-order valence-corrected chi connectivity index (χ1v) is 3.70. The van der Waals surface area contributed by atoms with Gasteiger partial charge in [-0.25, -0.2) is 4.79 Å². The number of fused-ring (bicyclic) bond motifs is 1. The fourth-order valence-corrected chi connectivity index (χ4v) is 1.15. The monoisotopic (exact) mass is 177 g/mol. The molecule has 0 saturated heterocycles. The molecule has 66 valence electrons. The summed E-state index contributed by atoms with van der Waals surface area (Å²) in [6, 6.07) is 5.75. The number of nitrogen functional groups attached to an aromatic ring is 1. The minimum Gasteiger partial charge on any atom is -0.505 e. The van der Waals surface area contributed by atoms with Crippen LogP contribution in [0.5, 0.6) is 5.75 Å². The van der Waals surface area contributed by atoms with Crippen LogP contribution in [0.3, 0.4) is 0 Å². The zero-order valence-corrected chi connectivity index (χ0v) is 6.65. The lowest BCUT2D eigenvalue weighted by molar-refractivity contribution is 0.481. The van der Waals surface area contributed by atoms with Crippen LogP contribution < -0.4 is 11.4 Å². The summed E-state index contributed by atoms with van der Waals surface area (Å²) in [5.74, 6) is -0.0544. The third-order valence-electron chi connectivity index (χ3n) is 1.80. The first kappa shape index (κ1) is 7.67. The molecule has 1 aromatic carbocycles. The van der Waals surface area contributed by atoms with Crippen LogP contribution in [0.4, 0.5) is 5.69 Å². The van der Waals surface area contributed by atoms with E-state index in [0.29, 0.717) is 11.0 Å². The van der Waals surface area contributed by atoms with Crippen LogP contribution in [0.25, 0.3) is 11.0 Å². The molecule has 0 saturated carbocycles. The Morgan fingerprint density at radius 3 is 2.77 bits per heavy atom. The molecule has 0 bridgehead atoms. The molecule has 13 heavy (non-hydrogen) atoms. The van der Waals surface area contributed by atoms with Crippen molar-refractivity contribution in [2.75, 3.05) is 5.73 Å². The number of anilines is 1. The van der Waals surface area contributed by atoms with Crippen LogP contribution in [0.1, 0.15) is 0 Å². The molecule has 0 unspecified atom stereocenters. The molecular weight excluding hydrogens is 170 g/mol. The molecule has 0 aliphatic rings. The van der Waals surface area contributed by atoms with Gasteiger partial charge in [0.1, 0.15) is 11.3 Å². The average Bonchev–Trinajstić information content (AvgIpc) is 2.12. The Kier molecular flexibility index (Phi) is 1.48. The number of hydrogen-bond acceptors (Lipinski definition) is 4. The Bertz CT molecular complexity index is 516. The van der Waals surface area contributed by atoms with Crippen molar-refractivity contribution in [3.05, 3.63) is 34.7 Å². The Labute approximate surface area is 73.2 Å². The van der Waals surface area contributed by atoms with Crippen molar-refractivity contribution in [3.63, 3.8) is 0 Å². The summed E-state index contributed by atoms with van der Waals surface area (Å²) in [7, 11) is 0. The maximum atomic E-state index is 10.8. The van der Waals surface area contributed by atoms with Crippen molar-refractivity contribution >= 4 is 16.7 Å². The van der Waals surface area contributed by atoms with Crippen LogP contribution in [-0.4, -0.2) is 5.11 Å². The van der Waals surface area contributed by atoms with E-state index in [4.69, 9.17) is 10.2 Å². The molecule has 0 spiro atoms. The van der Waals surface area contributed by atoms with E-state index < -0.39 is 5.63 Å². The molecule has 0 atom stereocenters. The number of rotatable bonds is 0. The van der Waals surface area contributed by atoms with Gasteiger partial charge >= 0.3 is 5.63 Å². The fourth-order valence-electron chi connectivity index (χ4n) is 1.15. The van der Waals surface area contributed by atoms with Crippen molar-refractivity contribution in [2.24, 2.45) is 0 Å². The lowest BCUT2D eigenvalue weighted by Gasteiger charge is -2.01. The van der Waals surface area contributed by atoms with Gasteiger partial charge in [0, 0.05) is 6.07 Å². The van der Waals surface area contributed by atoms with Crippen LogP contribution >= 0.6 is 0 Å². The zero-order valence-electron chi connectivity index (χ0n) is 6.65. The molecule has 1 heterocycles. The highest BCUT2D eigenvalue weighted by Crippen LogP contribution is 2.28. The molecule has 2 aromatic rings. The van der Waals surface area contributed by atoms with E-state index in [2.05, 4.69) is 0 Å². The second-order valence-corrected chi connectivity index (χ2v) is 2.67. The smallest absolute Gasteiger partial charge is 0.336 e. The van der Waals surface area contributed by atoms with E-state index in [-0.39, 0.29) is 11.4 Å². The molecule has 1 aromatic heterocycles. The van der Waals surface area contributed by atoms with Crippen molar-refractivity contribution < 1.29 is 9.52 Å². The van der Waals surface area contributed by atoms with E-state index in [1.807, 2.05) is 0 Å². The maximum Gasteiger partial charge on any atom is 0.336 e. The quantitative estimate of drug-likeness (QED) is 0.358. The molecule has 0 aliphatic carbocycles. The summed E-state index contributed by atoms with van der Waals surface area (Å²) < 4.78 is 4.83. The van der Waals surface area contributed by atoms with Gasteiger partial charge in [-0.3, -0.25) is 0 Å². The molecule has 2 rings (SSSR count). The summed E-state index contributed by atoms with van der Waals surface area (Å²) >= 11 is 0. The van der Waals surface area contributed by atoms with Gasteiger partial charge in [-0.1, -0.05) is 0 Å². The van der Waals surface area contributed by atoms with E-state index >= 15 is 0 Å². The van der Waals surface area contributed by atoms with Crippen molar-refractivity contribution in [1.82, 2.24) is 0 Å². The van der Waals surface area contributed by atoms with Crippen LogP contribution in [0.15, 0.2) is 33.5 Å². The van der Waals surface area contributed by atoms with Gasteiger partial charge < -0.3 is 15.3 Å². The van der Waals surface area contributed by atoms with Gasteiger partial charge in [0.15, 0.2) is 0 Å². The van der Waals surface area contributed by atoms with E-state index in [9.17, 15) is 9.90 Å². The summed E-state index contributed by atoms with van der Waals surface area (Å²) in [4.78, 5) is 10.8. The Morgan fingerprint density at radius 1 is 1.23 bits per heavy atom. The number of hydrogen-bond donors (Lipinski definition) is 2. The molecule has 0 amide bonds. The van der Waals surface area contributed by atoms with Crippen molar-refractivity contribution in [3.8, 4) is 5.75 Å². The number of phenolic OH excluding ortho intramolecular Hbond substituents is 1. The minimum absolute atomic E-state index is 0.0544. The van der Waals surface area contributed by atoms with Crippen LogP contribution in [-0.2, 0) is 0 Å². The van der Waals surface area contributed by atoms with E-state index in [0.717, 1.165) is 0 Å². The van der Waals surface area contributed by atoms with Gasteiger partial charge in [0.25, 0.3) is 0 Å². The number of nitrogens with two attached hydrogens (primary N) is 1. The molecule has 0 aliphatic heterocycles. The standard InChI is InChI=1S/C9H7NO3/c10-6-2-3-7-5(9(6)12)1-4-8(11)13-7/h1-4,12H,10H2. The third-order valence-corrected chi connectivity index (χ3v) is 1.80. The van der Waals surface area contributed by atoms with Crippen molar-refractivity contribution in [2.45, 2.75) is 0 Å². The van der Waals surface area contributed by atoms with Gasteiger partial charge in [0.05, 0.1) is 11.1 Å². The van der Waals surface area contributed by atoms with E-state index in [1.165, 1.54) is 18.2 Å². The largest absolute Gasteiger partial charge is 0.505 e. The molecule has 3 N–H and O–H groups in total. The molecule has 4 nitrogen and oxygen atoms in total. The second-order valence-electron chi connectivity index (χ2n) is 2.67. The molecule has 0 fully saturated rings. The minimum atomic E-state index is -0.448. The lowest BCUT2D eigenvalue weighted by Crippen LogP contribution is -1.95. The lowest BCUT2D eigenvalue weighted by atomic mass is 10.2. The third kappa shape index (κ3) is 1.12. The molecule has 0 radical (unpaired) electrons. The Morgan fingerprint density at radius 2 is 2.00 bits per heavy atom. The number of aromatic hydroxyl groups is 1. The summed E-state index contributed by atoms with van der Waals surface area (Å²) in [5.41, 5.74) is 5.60. The second kappa shape index (κ2) is 2.52. The SMILES string of the molecule is Nc1ccc2oc(=O)ccc2c1O. The highest BCUT2D eigenvalue weighted by molar-refractivity contribution is 5.88. The van der Waals surface area contributed by atoms with Gasteiger partial charge in [-0.2, -0.15) is 0 Å². The first-order valence-electron chi connectivity index (χ1n) is 3.70. The highest BCUT2D eigenvalue weighted by Gasteiger charge is 2.04. The number of benzene rings is 1. The normalized spacial score (nSPS) is 10.5. The predicted molar refractivity (Wildman–Crippen MR) is 48.6 cm³/mol. The van der Waals surface area contributed by atoms with Gasteiger partial charge in [0.2, 0.25) is 0 Å². The van der Waals surface area contributed by atoms with Gasteiger partial charge in [-0.15, -0.1) is 0 Å². The topological polar surface area (TPSA) is 76.5 Å². The average molecular weight is 177 g/mol. The first-order chi connectivity index (χ1) is 6.18. The summed E-state index contributed by atoms with van der Waals surface area (Å²) in [5, 5.41) is 9.91. The predicted octanol–water partition coefficient (Wildman–Crippen LogP) is 1.08. The molecule has 4 heteroatoms. The summed E-state index contributed by atoms with van der Waals surface area (Å²) in [6.07, 6.45) is 0. The highest BCUT2D eigenvalue weighted by atomic mass is 16.4. The number of phenols is 1. The Hall–Kier alpha value is -1.97. The fraction of sp³-hybridized carbons (Fsp3) is 0. The molecular formula is C9H7NO3. The zero-order chi connectivity index (χ0) is 9.42. The van der Waals surface area contributed by atoms with Crippen molar-refractivity contribution in [1.29, 1.82) is 0 Å². The van der Waals surface area contributed by atoms with Gasteiger partial charge in [-0.05, 0) is 18.2 Å². The van der Waals surface area contributed by atoms with Crippen LogP contribution in [0.2, 0.25) is 0 Å². The Balaban J connectivity index is 2.95. The summed E-state index contributed by atoms with van der Waals surface area (Å²) in [6.45, 7) is 0. The van der Waals surface area contributed by atoms with Crippen LogP contribution in [0, 0.1) is 0 Å².